The van der Waals surface area contributed by atoms with Crippen molar-refractivity contribution >= 4 is 57.7 Å². The van der Waals surface area contributed by atoms with Gasteiger partial charge in [0.15, 0.2) is 22.7 Å². The topological polar surface area (TPSA) is 204 Å². The van der Waals surface area contributed by atoms with E-state index in [0.29, 0.717) is 33.0 Å². The monoisotopic (exact) mass is 1090 g/mol. The number of thioether (sulfide) groups is 1. The molecule has 1 fully saturated rings. The Balaban J connectivity index is 0.994. The lowest BCUT2D eigenvalue weighted by Gasteiger charge is -2.49. The van der Waals surface area contributed by atoms with Crippen LogP contribution in [0.2, 0.25) is 0 Å². The second-order valence-electron chi connectivity index (χ2n) is 20.4. The van der Waals surface area contributed by atoms with Gasteiger partial charge in [-0.05, 0) is 80.1 Å². The Kier molecular flexibility index (Phi) is 15.1. The fourth-order valence-corrected chi connectivity index (χ4v) is 11.5. The van der Waals surface area contributed by atoms with Crippen LogP contribution in [-0.4, -0.2) is 82.6 Å². The minimum Gasteiger partial charge on any atom is -0.504 e. The van der Waals surface area contributed by atoms with E-state index in [2.05, 4.69) is 20.9 Å². The summed E-state index contributed by atoms with van der Waals surface area (Å²) in [4.78, 5) is 82.6. The average Bonchev–Trinajstić information content (AvgIpc) is 4.08. The molecule has 0 bridgehead atoms. The predicted octanol–water partition coefficient (Wildman–Crippen LogP) is 9.44. The Morgan fingerprint density at radius 2 is 1.33 bits per heavy atom. The van der Waals surface area contributed by atoms with E-state index in [1.807, 2.05) is 152 Å². The summed E-state index contributed by atoms with van der Waals surface area (Å²) in [5, 5.41) is 26.9. The average molecular weight is 1090 g/mol. The second kappa shape index (κ2) is 22.2. The Morgan fingerprint density at radius 3 is 1.89 bits per heavy atom. The number of amides is 2. The van der Waals surface area contributed by atoms with Gasteiger partial charge >= 0.3 is 11.9 Å². The number of carbonyl (C=O) groups excluding carboxylic acids is 4. The van der Waals surface area contributed by atoms with Crippen molar-refractivity contribution in [2.45, 2.75) is 75.4 Å². The van der Waals surface area contributed by atoms with Crippen LogP contribution in [0.3, 0.4) is 0 Å². The highest BCUT2D eigenvalue weighted by atomic mass is 32.2. The second-order valence-corrected chi connectivity index (χ2v) is 22.4. The van der Waals surface area contributed by atoms with Crippen LogP contribution in [-0.2, 0) is 45.6 Å². The van der Waals surface area contributed by atoms with Crippen LogP contribution in [0.4, 0.5) is 5.13 Å². The number of phenolic OH excluding ortho intramolecular Hbond substituents is 1. The molecule has 2 unspecified atom stereocenters. The zero-order valence-corrected chi connectivity index (χ0v) is 45.4. The molecule has 2 amide bonds. The molecule has 6 aromatic rings. The Labute approximate surface area is 464 Å². The maximum Gasteiger partial charge on any atom is 0.356 e. The molecule has 10 rings (SSSR count). The fourth-order valence-electron chi connectivity index (χ4n) is 9.37. The molecule has 5 aromatic carbocycles. The molecule has 0 saturated carbocycles. The van der Waals surface area contributed by atoms with E-state index in [0.717, 1.165) is 16.7 Å². The fraction of sp³-hybridized carbons (Fsp3) is 0.213. The van der Waals surface area contributed by atoms with Crippen LogP contribution in [0.25, 0.3) is 11.1 Å². The van der Waals surface area contributed by atoms with Crippen LogP contribution in [0.5, 0.6) is 5.75 Å². The van der Waals surface area contributed by atoms with Crippen molar-refractivity contribution in [3.05, 3.63) is 237 Å². The van der Waals surface area contributed by atoms with Crippen molar-refractivity contribution in [1.29, 1.82) is 0 Å². The van der Waals surface area contributed by atoms with Crippen LogP contribution >= 0.6 is 23.1 Å². The first-order valence-corrected chi connectivity index (χ1v) is 27.3. The number of esters is 2. The molecule has 4 heterocycles. The van der Waals surface area contributed by atoms with E-state index in [-0.39, 0.29) is 29.4 Å². The maximum absolute atomic E-state index is 14.9. The van der Waals surface area contributed by atoms with Gasteiger partial charge < -0.3 is 30.1 Å². The molecular weight excluding hydrogens is 1040 g/mol. The molecule has 3 N–H and O–H groups in total. The van der Waals surface area contributed by atoms with E-state index < -0.39 is 69.2 Å². The van der Waals surface area contributed by atoms with Crippen LogP contribution in [0, 0.1) is 0 Å². The third kappa shape index (κ3) is 11.3. The minimum absolute atomic E-state index is 0.0179. The number of rotatable bonds is 17. The molecule has 2 atom stereocenters. The molecule has 79 heavy (non-hydrogen) atoms. The number of benzene rings is 6. The number of nitrogens with one attached hydrogen (secondary N) is 2. The molecule has 1 aromatic heterocycles. The SMILES string of the molecule is CC(C)(C)OC(=O)C(C)(C)O/N=C(\C(=O)NC1C(=O)N2C(C(=O)OC(c3ccccc3)c3ccccc3)=C(Cn3cc4cc(O)c(=O)cc-4cn3)CSC12)c1csc(NC(c2ccccc2)(c2ccccc2)c2ccccc2)n1. The number of oxime groups is 1. The molecule has 0 radical (unpaired) electrons. The third-order valence-electron chi connectivity index (χ3n) is 13.2. The number of fused-ring (bicyclic) bond motifs is 2. The highest BCUT2D eigenvalue weighted by Crippen LogP contribution is 2.44. The summed E-state index contributed by atoms with van der Waals surface area (Å²) >= 11 is 2.54. The summed E-state index contributed by atoms with van der Waals surface area (Å²) in [7, 11) is 0. The molecule has 1 saturated heterocycles. The largest absolute Gasteiger partial charge is 0.504 e. The number of hydrogen-bond acceptors (Lipinski definition) is 15. The van der Waals surface area contributed by atoms with Gasteiger partial charge in [0.25, 0.3) is 11.8 Å². The lowest BCUT2D eigenvalue weighted by Crippen LogP contribution is -2.71. The standard InChI is InChI=1S/C61H55N7O9S2/c1-59(2,3)76-57(74)60(4,5)77-66-49(46-37-79-58(63-46)65-61(43-25-15-8-16-26-43,44-27-17-9-18-28-44)45-29-19-10-20-30-45)53(71)64-50-54(72)68-51(56(73)75-52(38-21-11-6-12-22-38)39-23-13-7-14-24-39)42(36-78-55(50)68)35-67-34-41-32-48(70)47(69)31-40(41)33-62-67/h6-34,37,50,52,55,70H,35-36H2,1-5H3,(H,63,65)(H,64,71)/b66-49-. The van der Waals surface area contributed by atoms with Gasteiger partial charge in [0.1, 0.15) is 33.9 Å². The summed E-state index contributed by atoms with van der Waals surface area (Å²) in [6, 6.07) is 49.7. The minimum atomic E-state index is -1.69. The normalized spacial score (nSPS) is 15.7. The summed E-state index contributed by atoms with van der Waals surface area (Å²) < 4.78 is 13.6. The van der Waals surface area contributed by atoms with E-state index in [1.165, 1.54) is 60.2 Å². The van der Waals surface area contributed by atoms with Gasteiger partial charge in [0, 0.05) is 28.5 Å². The van der Waals surface area contributed by atoms with E-state index >= 15 is 0 Å². The molecule has 16 nitrogen and oxygen atoms in total. The molecule has 1 aliphatic carbocycles. The highest BCUT2D eigenvalue weighted by molar-refractivity contribution is 8.00. The van der Waals surface area contributed by atoms with Crippen molar-refractivity contribution in [3.8, 4) is 16.9 Å². The zero-order chi connectivity index (χ0) is 55.5. The van der Waals surface area contributed by atoms with Crippen LogP contribution in [0.15, 0.2) is 203 Å². The number of phenols is 1. The molecule has 400 valence electrons. The number of ether oxygens (including phenoxy) is 2. The van der Waals surface area contributed by atoms with Gasteiger partial charge in [-0.25, -0.2) is 14.6 Å². The van der Waals surface area contributed by atoms with E-state index in [4.69, 9.17) is 19.3 Å². The smallest absolute Gasteiger partial charge is 0.356 e. The van der Waals surface area contributed by atoms with Crippen molar-refractivity contribution in [2.24, 2.45) is 5.16 Å². The van der Waals surface area contributed by atoms with Crippen molar-refractivity contribution in [3.63, 3.8) is 0 Å². The zero-order valence-electron chi connectivity index (χ0n) is 43.7. The van der Waals surface area contributed by atoms with Crippen LogP contribution < -0.4 is 16.1 Å². The van der Waals surface area contributed by atoms with Gasteiger partial charge in [0.2, 0.25) is 11.0 Å². The van der Waals surface area contributed by atoms with Crippen molar-refractivity contribution in [2.75, 3.05) is 11.1 Å². The van der Waals surface area contributed by atoms with Gasteiger partial charge in [-0.2, -0.15) is 5.10 Å². The van der Waals surface area contributed by atoms with Gasteiger partial charge in [-0.1, -0.05) is 157 Å². The maximum atomic E-state index is 14.9. The third-order valence-corrected chi connectivity index (χ3v) is 15.3. The van der Waals surface area contributed by atoms with Crippen LogP contribution in [0.1, 0.15) is 74.2 Å². The summed E-state index contributed by atoms with van der Waals surface area (Å²) in [6.07, 6.45) is 2.26. The van der Waals surface area contributed by atoms with E-state index in [9.17, 15) is 29.1 Å². The number of anilines is 1. The quantitative estimate of drug-likeness (QED) is 0.0256. The van der Waals surface area contributed by atoms with Gasteiger partial charge in [-0.15, -0.1) is 23.1 Å². The summed E-state index contributed by atoms with van der Waals surface area (Å²) in [5.41, 5.74) is 1.30. The van der Waals surface area contributed by atoms with Crippen molar-refractivity contribution in [1.82, 2.24) is 25.0 Å². The number of thiazole rings is 1. The number of aromatic hydroxyl groups is 1. The lowest BCUT2D eigenvalue weighted by atomic mass is 9.77. The number of aromatic nitrogens is 3. The Morgan fingerprint density at radius 1 is 0.772 bits per heavy atom. The first kappa shape index (κ1) is 53.5. The number of hydrogen-bond donors (Lipinski definition) is 3. The molecular formula is C61H55N7O9S2. The molecule has 18 heteroatoms. The number of β-lactam (4-membered cyclic amide) rings is 1. The first-order valence-electron chi connectivity index (χ1n) is 25.4. The predicted molar refractivity (Wildman–Crippen MR) is 302 cm³/mol. The molecule has 3 aliphatic heterocycles. The Bertz CT molecular complexity index is 3490. The molecule has 4 aliphatic rings. The number of nitrogens with zero attached hydrogens (tertiary/aromatic N) is 5. The molecule has 0 spiro atoms. The van der Waals surface area contributed by atoms with Gasteiger partial charge in [0.05, 0.1) is 12.7 Å². The summed E-state index contributed by atoms with van der Waals surface area (Å²) in [6.45, 7) is 8.12. The lowest BCUT2D eigenvalue weighted by molar-refractivity contribution is -0.179. The highest BCUT2D eigenvalue weighted by Gasteiger charge is 2.55. The first-order chi connectivity index (χ1) is 38.0. The van der Waals surface area contributed by atoms with E-state index in [1.54, 1.807) is 37.0 Å². The Hall–Kier alpha value is -8.87. The van der Waals surface area contributed by atoms with Gasteiger partial charge in [-0.3, -0.25) is 24.0 Å². The summed E-state index contributed by atoms with van der Waals surface area (Å²) in [5.74, 6) is -3.20. The van der Waals surface area contributed by atoms with Crippen molar-refractivity contribution < 1.29 is 38.6 Å². The number of carbonyl (C=O) groups is 4.